The third-order valence-corrected chi connectivity index (χ3v) is 5.68. The standard InChI is InChI=1S/C25H29NO8/c1-30-13-7-12-26-21(16-8-6-9-19(33-4)24(16)34-5)20(23(28)25(26)29)22(27)17-14-15(31-2)10-11-18(17)32-3/h6,8-11,14,21,27H,7,12-13H2,1-5H3/b22-20+. The number of para-hydroxylation sites is 1. The van der Waals surface area contributed by atoms with Crippen molar-refractivity contribution in [2.75, 3.05) is 48.7 Å². The van der Waals surface area contributed by atoms with Gasteiger partial charge in [0, 0.05) is 25.8 Å². The van der Waals surface area contributed by atoms with Crippen LogP contribution < -0.4 is 18.9 Å². The minimum atomic E-state index is -0.919. The molecular weight excluding hydrogens is 442 g/mol. The molecule has 0 radical (unpaired) electrons. The minimum absolute atomic E-state index is 0.0828. The van der Waals surface area contributed by atoms with Gasteiger partial charge in [0.05, 0.1) is 45.6 Å². The lowest BCUT2D eigenvalue weighted by Gasteiger charge is -2.27. The van der Waals surface area contributed by atoms with E-state index in [4.69, 9.17) is 23.7 Å². The number of ether oxygens (including phenoxy) is 5. The Morgan fingerprint density at radius 3 is 2.29 bits per heavy atom. The zero-order valence-corrected chi connectivity index (χ0v) is 19.9. The Kier molecular flexibility index (Phi) is 8.01. The Hall–Kier alpha value is -3.72. The fourth-order valence-corrected chi connectivity index (χ4v) is 4.08. The normalized spacial score (nSPS) is 17.1. The van der Waals surface area contributed by atoms with Crippen LogP contribution in [0, 0.1) is 0 Å². The number of aliphatic hydroxyl groups excluding tert-OH is 1. The molecule has 1 N–H and O–H groups in total. The fourth-order valence-electron chi connectivity index (χ4n) is 4.08. The first-order chi connectivity index (χ1) is 16.4. The van der Waals surface area contributed by atoms with E-state index in [1.165, 1.54) is 33.3 Å². The molecule has 9 heteroatoms. The zero-order valence-electron chi connectivity index (χ0n) is 19.9. The first-order valence-electron chi connectivity index (χ1n) is 10.6. The Morgan fingerprint density at radius 1 is 0.941 bits per heavy atom. The van der Waals surface area contributed by atoms with Gasteiger partial charge in [-0.2, -0.15) is 0 Å². The number of rotatable bonds is 10. The highest BCUT2D eigenvalue weighted by molar-refractivity contribution is 6.46. The van der Waals surface area contributed by atoms with Crippen molar-refractivity contribution in [3.8, 4) is 23.0 Å². The maximum absolute atomic E-state index is 13.3. The lowest BCUT2D eigenvalue weighted by Crippen LogP contribution is -2.31. The summed E-state index contributed by atoms with van der Waals surface area (Å²) < 4.78 is 26.8. The van der Waals surface area contributed by atoms with Gasteiger partial charge in [-0.1, -0.05) is 12.1 Å². The summed E-state index contributed by atoms with van der Waals surface area (Å²) in [5, 5.41) is 11.4. The highest BCUT2D eigenvalue weighted by Crippen LogP contribution is 2.46. The van der Waals surface area contributed by atoms with E-state index < -0.39 is 17.7 Å². The summed E-state index contributed by atoms with van der Waals surface area (Å²) in [6, 6.07) is 9.09. The van der Waals surface area contributed by atoms with Crippen LogP contribution >= 0.6 is 0 Å². The van der Waals surface area contributed by atoms with E-state index in [0.717, 1.165) is 0 Å². The number of carbonyl (C=O) groups is 2. The van der Waals surface area contributed by atoms with Crippen LogP contribution in [0.3, 0.4) is 0 Å². The van der Waals surface area contributed by atoms with Crippen molar-refractivity contribution >= 4 is 17.4 Å². The molecule has 0 aliphatic carbocycles. The van der Waals surface area contributed by atoms with E-state index in [1.54, 1.807) is 43.5 Å². The highest BCUT2D eigenvalue weighted by atomic mass is 16.5. The number of benzene rings is 2. The van der Waals surface area contributed by atoms with Crippen LogP contribution in [0.4, 0.5) is 0 Å². The molecule has 182 valence electrons. The predicted octanol–water partition coefficient (Wildman–Crippen LogP) is 3.18. The maximum atomic E-state index is 13.3. The van der Waals surface area contributed by atoms with Gasteiger partial charge in [0.25, 0.3) is 11.7 Å². The molecular formula is C25H29NO8. The van der Waals surface area contributed by atoms with Gasteiger partial charge in [-0.25, -0.2) is 0 Å². The Bertz CT molecular complexity index is 1090. The molecule has 0 aromatic heterocycles. The van der Waals surface area contributed by atoms with E-state index >= 15 is 0 Å². The molecule has 1 atom stereocenters. The minimum Gasteiger partial charge on any atom is -0.507 e. The highest BCUT2D eigenvalue weighted by Gasteiger charge is 2.47. The first kappa shape index (κ1) is 24.9. The Labute approximate surface area is 198 Å². The van der Waals surface area contributed by atoms with Crippen molar-refractivity contribution in [3.63, 3.8) is 0 Å². The average molecular weight is 472 g/mol. The Balaban J connectivity index is 2.28. The lowest BCUT2D eigenvalue weighted by molar-refractivity contribution is -0.140. The quantitative estimate of drug-likeness (QED) is 0.244. The van der Waals surface area contributed by atoms with Crippen LogP contribution in [0.1, 0.15) is 23.6 Å². The van der Waals surface area contributed by atoms with E-state index in [1.807, 2.05) is 0 Å². The molecule has 3 rings (SSSR count). The van der Waals surface area contributed by atoms with Crippen LogP contribution in [-0.2, 0) is 14.3 Å². The summed E-state index contributed by atoms with van der Waals surface area (Å²) >= 11 is 0. The third kappa shape index (κ3) is 4.51. The summed E-state index contributed by atoms with van der Waals surface area (Å²) in [6.45, 7) is 0.629. The smallest absolute Gasteiger partial charge is 0.295 e. The van der Waals surface area contributed by atoms with Crippen LogP contribution in [0.2, 0.25) is 0 Å². The topological polar surface area (TPSA) is 104 Å². The lowest BCUT2D eigenvalue weighted by atomic mass is 9.94. The van der Waals surface area contributed by atoms with Gasteiger partial charge in [-0.15, -0.1) is 0 Å². The zero-order chi connectivity index (χ0) is 24.8. The number of hydrogen-bond acceptors (Lipinski definition) is 8. The SMILES string of the molecule is COCCCN1C(=O)C(=O)/C(=C(/O)c2cc(OC)ccc2OC)C1c1cccc(OC)c1OC. The summed E-state index contributed by atoms with van der Waals surface area (Å²) in [6.07, 6.45) is 0.495. The molecule has 1 unspecified atom stereocenters. The maximum Gasteiger partial charge on any atom is 0.295 e. The largest absolute Gasteiger partial charge is 0.507 e. The van der Waals surface area contributed by atoms with E-state index in [0.29, 0.717) is 41.6 Å². The number of aliphatic hydroxyl groups is 1. The summed E-state index contributed by atoms with van der Waals surface area (Å²) in [7, 11) is 7.47. The molecule has 0 bridgehead atoms. The number of carbonyl (C=O) groups excluding carboxylic acids is 2. The molecule has 34 heavy (non-hydrogen) atoms. The third-order valence-electron chi connectivity index (χ3n) is 5.68. The fraction of sp³-hybridized carbons (Fsp3) is 0.360. The number of ketones is 1. The monoisotopic (exact) mass is 471 g/mol. The number of hydrogen-bond donors (Lipinski definition) is 1. The van der Waals surface area contributed by atoms with Gasteiger partial charge in [-0.3, -0.25) is 9.59 Å². The molecule has 1 heterocycles. The van der Waals surface area contributed by atoms with E-state index in [2.05, 4.69) is 0 Å². The second-order valence-corrected chi connectivity index (χ2v) is 7.49. The van der Waals surface area contributed by atoms with Crippen LogP contribution in [0.25, 0.3) is 5.76 Å². The van der Waals surface area contributed by atoms with E-state index in [9.17, 15) is 14.7 Å². The second kappa shape index (κ2) is 10.9. The Morgan fingerprint density at radius 2 is 1.68 bits per heavy atom. The van der Waals surface area contributed by atoms with Crippen molar-refractivity contribution < 1.29 is 38.4 Å². The van der Waals surface area contributed by atoms with Crippen LogP contribution in [0.5, 0.6) is 23.0 Å². The molecule has 9 nitrogen and oxygen atoms in total. The van der Waals surface area contributed by atoms with E-state index in [-0.39, 0.29) is 23.4 Å². The summed E-state index contributed by atoms with van der Waals surface area (Å²) in [5.74, 6) is -0.353. The number of methoxy groups -OCH3 is 5. The molecule has 2 aromatic rings. The van der Waals surface area contributed by atoms with Gasteiger partial charge < -0.3 is 33.7 Å². The second-order valence-electron chi connectivity index (χ2n) is 7.49. The van der Waals surface area contributed by atoms with Gasteiger partial charge >= 0.3 is 0 Å². The average Bonchev–Trinajstić information content (AvgIpc) is 3.12. The van der Waals surface area contributed by atoms with Crippen molar-refractivity contribution in [1.29, 1.82) is 0 Å². The molecule has 1 aliphatic heterocycles. The van der Waals surface area contributed by atoms with Crippen molar-refractivity contribution in [1.82, 2.24) is 4.90 Å². The first-order valence-corrected chi connectivity index (χ1v) is 10.6. The van der Waals surface area contributed by atoms with Crippen molar-refractivity contribution in [2.45, 2.75) is 12.5 Å². The van der Waals surface area contributed by atoms with Crippen LogP contribution in [-0.4, -0.2) is 70.4 Å². The molecule has 1 fully saturated rings. The van der Waals surface area contributed by atoms with Crippen LogP contribution in [0.15, 0.2) is 42.0 Å². The number of nitrogens with zero attached hydrogens (tertiary/aromatic N) is 1. The number of amides is 1. The summed E-state index contributed by atoms with van der Waals surface area (Å²) in [5.41, 5.74) is 0.644. The van der Waals surface area contributed by atoms with Gasteiger partial charge in [0.1, 0.15) is 17.3 Å². The summed E-state index contributed by atoms with van der Waals surface area (Å²) in [4.78, 5) is 27.8. The number of Topliss-reactive ketones (excluding diaryl/α,β-unsaturated/α-hetero) is 1. The van der Waals surface area contributed by atoms with Gasteiger partial charge in [0.15, 0.2) is 11.5 Å². The molecule has 1 amide bonds. The molecule has 1 aliphatic rings. The molecule has 0 saturated carbocycles. The van der Waals surface area contributed by atoms with Crippen molar-refractivity contribution in [3.05, 3.63) is 53.1 Å². The number of likely N-dealkylation sites (tertiary alicyclic amines) is 1. The molecule has 0 spiro atoms. The van der Waals surface area contributed by atoms with Crippen molar-refractivity contribution in [2.24, 2.45) is 0 Å². The predicted molar refractivity (Wildman–Crippen MR) is 125 cm³/mol. The molecule has 1 saturated heterocycles. The van der Waals surface area contributed by atoms with Gasteiger partial charge in [0.2, 0.25) is 0 Å². The molecule has 2 aromatic carbocycles. The van der Waals surface area contributed by atoms with Gasteiger partial charge in [-0.05, 0) is 30.7 Å².